The van der Waals surface area contributed by atoms with Crippen LogP contribution in [0.15, 0.2) is 47.4 Å². The average molecular weight is 493 g/mol. The second-order valence-electron chi connectivity index (χ2n) is 6.18. The predicted molar refractivity (Wildman–Crippen MR) is 103 cm³/mol. The van der Waals surface area contributed by atoms with Crippen LogP contribution >= 0.6 is 11.6 Å². The molecule has 32 heavy (non-hydrogen) atoms. The van der Waals surface area contributed by atoms with Gasteiger partial charge in [-0.1, -0.05) is 35.9 Å². The molecule has 0 saturated carbocycles. The number of nitrogens with one attached hydrogen (secondary N) is 1. The molecule has 1 heterocycles. The smallest absolute Gasteiger partial charge is 0.406 e. The van der Waals surface area contributed by atoms with Gasteiger partial charge in [0.1, 0.15) is 16.5 Å². The highest BCUT2D eigenvalue weighted by Gasteiger charge is 2.31. The first-order chi connectivity index (χ1) is 14.9. The van der Waals surface area contributed by atoms with Gasteiger partial charge in [-0.2, -0.15) is 0 Å². The summed E-state index contributed by atoms with van der Waals surface area (Å²) in [7, 11) is -4.55. The lowest BCUT2D eigenvalue weighted by Crippen LogP contribution is -2.32. The molecule has 8 nitrogen and oxygen atoms in total. The lowest BCUT2D eigenvalue weighted by molar-refractivity contribution is -0.274. The van der Waals surface area contributed by atoms with Crippen LogP contribution in [0, 0.1) is 5.82 Å². The van der Waals surface area contributed by atoms with E-state index >= 15 is 0 Å². The summed E-state index contributed by atoms with van der Waals surface area (Å²) in [6.45, 7) is 1.60. The highest BCUT2D eigenvalue weighted by Crippen LogP contribution is 2.30. The van der Waals surface area contributed by atoms with Crippen molar-refractivity contribution in [1.82, 2.24) is 19.7 Å². The average Bonchev–Trinajstić information content (AvgIpc) is 3.10. The maximum atomic E-state index is 13.8. The first kappa shape index (κ1) is 23.5. The van der Waals surface area contributed by atoms with Crippen LogP contribution in [-0.2, 0) is 16.4 Å². The van der Waals surface area contributed by atoms with Crippen molar-refractivity contribution < 1.29 is 35.5 Å². The fourth-order valence-electron chi connectivity index (χ4n) is 2.73. The second kappa shape index (κ2) is 8.74. The van der Waals surface area contributed by atoms with Gasteiger partial charge in [0.15, 0.2) is 5.69 Å². The molecular formula is C18H13ClF4N4O4S. The van der Waals surface area contributed by atoms with Crippen LogP contribution < -0.4 is 9.46 Å². The highest BCUT2D eigenvalue weighted by atomic mass is 35.5. The van der Waals surface area contributed by atoms with Gasteiger partial charge in [0.2, 0.25) is 0 Å². The van der Waals surface area contributed by atoms with Crippen LogP contribution in [0.3, 0.4) is 0 Å². The molecule has 1 aromatic heterocycles. The fraction of sp³-hybridized carbons (Fsp3) is 0.167. The molecule has 0 aliphatic heterocycles. The third-order valence-electron chi connectivity index (χ3n) is 4.05. The van der Waals surface area contributed by atoms with Crippen LogP contribution in [0.5, 0.6) is 5.75 Å². The van der Waals surface area contributed by atoms with E-state index in [1.54, 1.807) is 11.6 Å². The maximum absolute atomic E-state index is 13.8. The highest BCUT2D eigenvalue weighted by molar-refractivity contribution is 7.90. The van der Waals surface area contributed by atoms with Crippen LogP contribution in [0.25, 0.3) is 5.69 Å². The number of ether oxygens (including phenoxy) is 1. The SMILES string of the molecule is CCc1c(C(=O)NS(=O)(=O)c2ccccc2F)nnn1-c1ccc(OC(F)(F)F)cc1Cl. The third-order valence-corrected chi connectivity index (χ3v) is 5.71. The lowest BCUT2D eigenvalue weighted by atomic mass is 10.2. The monoisotopic (exact) mass is 492 g/mol. The molecule has 2 aromatic carbocycles. The summed E-state index contributed by atoms with van der Waals surface area (Å²) >= 11 is 6.04. The van der Waals surface area contributed by atoms with Gasteiger partial charge >= 0.3 is 6.36 Å². The number of benzene rings is 2. The summed E-state index contributed by atoms with van der Waals surface area (Å²) in [5.41, 5.74) is -0.210. The number of nitrogens with zero attached hydrogens (tertiary/aromatic N) is 3. The van der Waals surface area contributed by atoms with Gasteiger partial charge in [0.25, 0.3) is 15.9 Å². The topological polar surface area (TPSA) is 103 Å². The standard InChI is InChI=1S/C18H13ClF4N4O4S/c1-2-13-16(17(28)25-32(29,30)15-6-4-3-5-12(15)20)24-26-27(13)14-8-7-10(9-11(14)19)31-18(21,22)23/h3-9H,2H2,1H3,(H,25,28). The van der Waals surface area contributed by atoms with Gasteiger partial charge in [0.05, 0.1) is 16.4 Å². The Kier molecular flexibility index (Phi) is 6.41. The normalized spacial score (nSPS) is 11.9. The first-order valence-corrected chi connectivity index (χ1v) is 10.6. The van der Waals surface area contributed by atoms with E-state index in [1.165, 1.54) is 12.1 Å². The molecule has 0 unspecified atom stereocenters. The van der Waals surface area contributed by atoms with Crippen LogP contribution in [0.2, 0.25) is 5.02 Å². The molecule has 3 rings (SSSR count). The lowest BCUT2D eigenvalue weighted by Gasteiger charge is -2.12. The summed E-state index contributed by atoms with van der Waals surface area (Å²) in [6, 6.07) is 7.50. The largest absolute Gasteiger partial charge is 0.573 e. The summed E-state index contributed by atoms with van der Waals surface area (Å²) in [5.74, 6) is -2.80. The predicted octanol–water partition coefficient (Wildman–Crippen LogP) is 3.64. The number of carbonyl (C=O) groups excluding carboxylic acids is 1. The quantitative estimate of drug-likeness (QED) is 0.527. The van der Waals surface area contributed by atoms with Crippen molar-refractivity contribution in [2.45, 2.75) is 24.6 Å². The molecule has 0 aliphatic carbocycles. The molecule has 0 atom stereocenters. The Morgan fingerprint density at radius 1 is 1.22 bits per heavy atom. The van der Waals surface area contributed by atoms with Crippen molar-refractivity contribution in [3.63, 3.8) is 0 Å². The minimum atomic E-state index is -4.92. The van der Waals surface area contributed by atoms with Crippen LogP contribution in [-0.4, -0.2) is 35.7 Å². The summed E-state index contributed by atoms with van der Waals surface area (Å²) in [5, 5.41) is 7.22. The van der Waals surface area contributed by atoms with Crippen molar-refractivity contribution in [2.24, 2.45) is 0 Å². The Morgan fingerprint density at radius 3 is 2.50 bits per heavy atom. The summed E-state index contributed by atoms with van der Waals surface area (Å²) in [6.07, 6.45) is -4.80. The minimum absolute atomic E-state index is 0.0709. The van der Waals surface area contributed by atoms with Crippen molar-refractivity contribution >= 4 is 27.5 Å². The zero-order valence-corrected chi connectivity index (χ0v) is 17.6. The number of halogens is 5. The van der Waals surface area contributed by atoms with Crippen molar-refractivity contribution in [3.8, 4) is 11.4 Å². The maximum Gasteiger partial charge on any atom is 0.573 e. The van der Waals surface area contributed by atoms with Gasteiger partial charge in [0, 0.05) is 6.07 Å². The Labute approximate surface area is 183 Å². The number of amides is 1. The number of carbonyl (C=O) groups is 1. The van der Waals surface area contributed by atoms with E-state index in [2.05, 4.69) is 15.0 Å². The number of sulfonamides is 1. The molecule has 0 spiro atoms. The van der Waals surface area contributed by atoms with E-state index in [0.29, 0.717) is 0 Å². The molecule has 170 valence electrons. The second-order valence-corrected chi connectivity index (χ2v) is 8.23. The molecule has 0 radical (unpaired) electrons. The molecule has 0 bridgehead atoms. The van der Waals surface area contributed by atoms with E-state index < -0.39 is 38.8 Å². The Morgan fingerprint density at radius 2 is 1.91 bits per heavy atom. The van der Waals surface area contributed by atoms with E-state index in [4.69, 9.17) is 11.6 Å². The molecule has 1 N–H and O–H groups in total. The minimum Gasteiger partial charge on any atom is -0.406 e. The Hall–Kier alpha value is -3.19. The third kappa shape index (κ3) is 4.99. The van der Waals surface area contributed by atoms with Crippen LogP contribution in [0.4, 0.5) is 17.6 Å². The Balaban J connectivity index is 1.93. The van der Waals surface area contributed by atoms with E-state index in [-0.39, 0.29) is 28.5 Å². The number of alkyl halides is 3. The van der Waals surface area contributed by atoms with Crippen molar-refractivity contribution in [1.29, 1.82) is 0 Å². The number of rotatable bonds is 6. The van der Waals surface area contributed by atoms with E-state index in [1.807, 2.05) is 0 Å². The molecular weight excluding hydrogens is 480 g/mol. The molecule has 1 amide bonds. The van der Waals surface area contributed by atoms with Gasteiger partial charge < -0.3 is 4.74 Å². The van der Waals surface area contributed by atoms with E-state index in [0.717, 1.165) is 35.0 Å². The number of hydrogen-bond donors (Lipinski definition) is 1. The van der Waals surface area contributed by atoms with Crippen molar-refractivity contribution in [3.05, 3.63) is 64.7 Å². The first-order valence-electron chi connectivity index (χ1n) is 8.75. The van der Waals surface area contributed by atoms with Crippen LogP contribution in [0.1, 0.15) is 23.1 Å². The van der Waals surface area contributed by atoms with Gasteiger partial charge in [-0.05, 0) is 30.7 Å². The molecule has 14 heteroatoms. The summed E-state index contributed by atoms with van der Waals surface area (Å²) < 4.78 is 82.3. The molecule has 0 aliphatic rings. The number of hydrogen-bond acceptors (Lipinski definition) is 6. The zero-order valence-electron chi connectivity index (χ0n) is 16.0. The van der Waals surface area contributed by atoms with Gasteiger partial charge in [-0.25, -0.2) is 22.2 Å². The van der Waals surface area contributed by atoms with Gasteiger partial charge in [-0.3, -0.25) is 4.79 Å². The molecule has 0 saturated heterocycles. The molecule has 3 aromatic rings. The van der Waals surface area contributed by atoms with Gasteiger partial charge in [-0.15, -0.1) is 18.3 Å². The zero-order chi connectivity index (χ0) is 23.7. The molecule has 0 fully saturated rings. The number of aromatic nitrogens is 3. The fourth-order valence-corrected chi connectivity index (χ4v) is 4.02. The Bertz CT molecular complexity index is 1280. The summed E-state index contributed by atoms with van der Waals surface area (Å²) in [4.78, 5) is 11.8. The van der Waals surface area contributed by atoms with Crippen molar-refractivity contribution in [2.75, 3.05) is 0 Å². The van der Waals surface area contributed by atoms with E-state index in [9.17, 15) is 30.8 Å².